The van der Waals surface area contributed by atoms with Gasteiger partial charge < -0.3 is 10.0 Å². The van der Waals surface area contributed by atoms with Crippen LogP contribution in [0, 0.1) is 0 Å². The van der Waals surface area contributed by atoms with Crippen LogP contribution < -0.4 is 0 Å². The minimum atomic E-state index is -0.0706. The van der Waals surface area contributed by atoms with E-state index in [0.29, 0.717) is 12.1 Å². The zero-order valence-corrected chi connectivity index (χ0v) is 8.73. The van der Waals surface area contributed by atoms with Crippen LogP contribution in [0.25, 0.3) is 0 Å². The first-order chi connectivity index (χ1) is 4.95. The molecule has 0 atom stereocenters. The third-order valence-electron chi connectivity index (χ3n) is 1.34. The first kappa shape index (κ1) is 14.0. The highest BCUT2D eigenvalue weighted by atomic mass is 35.5. The van der Waals surface area contributed by atoms with Gasteiger partial charge in [0.2, 0.25) is 0 Å². The molecule has 4 heteroatoms. The van der Waals surface area contributed by atoms with Gasteiger partial charge >= 0.3 is 0 Å². The quantitative estimate of drug-likeness (QED) is 0.544. The second-order valence-electron chi connectivity index (χ2n) is 2.86. The summed E-state index contributed by atoms with van der Waals surface area (Å²) >= 11 is 0. The molecule has 3 nitrogen and oxygen atoms in total. The molecular weight excluding hydrogens is 178 g/mol. The minimum Gasteiger partial charge on any atom is -0.512 e. The number of carbonyl (C=O) groups is 1. The summed E-state index contributed by atoms with van der Waals surface area (Å²) in [6.45, 7) is 3.48. The first-order valence-corrected chi connectivity index (χ1v) is 3.49. The van der Waals surface area contributed by atoms with Crippen molar-refractivity contribution in [2.75, 3.05) is 20.6 Å². The van der Waals surface area contributed by atoms with Gasteiger partial charge in [-0.3, -0.25) is 4.79 Å². The molecule has 0 aliphatic heterocycles. The summed E-state index contributed by atoms with van der Waals surface area (Å²) in [6.07, 6.45) is 0. The van der Waals surface area contributed by atoms with Gasteiger partial charge in [0.05, 0.1) is 5.76 Å². The average Bonchev–Trinajstić information content (AvgIpc) is 1.81. The monoisotopic (exact) mass is 193 g/mol. The number of rotatable bonds is 3. The number of halogens is 1. The number of carbonyl (C=O) groups excluding carboxylic acids is 1. The van der Waals surface area contributed by atoms with Gasteiger partial charge in [0.1, 0.15) is 0 Å². The number of aliphatic hydroxyl groups is 1. The van der Waals surface area contributed by atoms with E-state index in [1.165, 1.54) is 13.8 Å². The second-order valence-corrected chi connectivity index (χ2v) is 2.86. The third kappa shape index (κ3) is 5.16. The van der Waals surface area contributed by atoms with Crippen molar-refractivity contribution < 1.29 is 9.90 Å². The number of nitrogens with zero attached hydrogens (tertiary/aromatic N) is 1. The number of ketones is 1. The van der Waals surface area contributed by atoms with E-state index in [1.807, 2.05) is 19.0 Å². The van der Waals surface area contributed by atoms with E-state index >= 15 is 0 Å². The molecule has 0 aromatic rings. The van der Waals surface area contributed by atoms with Crippen LogP contribution in [0.2, 0.25) is 0 Å². The van der Waals surface area contributed by atoms with Gasteiger partial charge in [-0.1, -0.05) is 0 Å². The molecule has 0 rings (SSSR count). The summed E-state index contributed by atoms with van der Waals surface area (Å²) in [4.78, 5) is 12.7. The highest BCUT2D eigenvalue weighted by molar-refractivity contribution is 5.94. The predicted octanol–water partition coefficient (Wildman–Crippen LogP) is 1.39. The topological polar surface area (TPSA) is 40.5 Å². The largest absolute Gasteiger partial charge is 0.512 e. The van der Waals surface area contributed by atoms with E-state index in [9.17, 15) is 4.79 Å². The highest BCUT2D eigenvalue weighted by Gasteiger charge is 2.08. The Morgan fingerprint density at radius 2 is 1.75 bits per heavy atom. The van der Waals surface area contributed by atoms with E-state index < -0.39 is 0 Å². The number of aliphatic hydroxyl groups excluding tert-OH is 1. The summed E-state index contributed by atoms with van der Waals surface area (Å²) in [5, 5.41) is 9.06. The summed E-state index contributed by atoms with van der Waals surface area (Å²) in [7, 11) is 3.71. The first-order valence-electron chi connectivity index (χ1n) is 3.49. The summed E-state index contributed by atoms with van der Waals surface area (Å²) in [5.41, 5.74) is 0.481. The van der Waals surface area contributed by atoms with Crippen molar-refractivity contribution >= 4 is 18.2 Å². The van der Waals surface area contributed by atoms with Crippen molar-refractivity contribution in [2.45, 2.75) is 13.8 Å². The Hall–Kier alpha value is -0.540. The van der Waals surface area contributed by atoms with Gasteiger partial charge in [0, 0.05) is 12.1 Å². The van der Waals surface area contributed by atoms with Gasteiger partial charge in [-0.15, -0.1) is 12.4 Å². The van der Waals surface area contributed by atoms with Crippen molar-refractivity contribution in [1.82, 2.24) is 4.90 Å². The molecule has 0 saturated carbocycles. The van der Waals surface area contributed by atoms with Crippen LogP contribution in [0.4, 0.5) is 0 Å². The second kappa shape index (κ2) is 6.03. The average molecular weight is 194 g/mol. The molecule has 0 radical (unpaired) electrons. The molecule has 12 heavy (non-hydrogen) atoms. The van der Waals surface area contributed by atoms with Gasteiger partial charge in [-0.2, -0.15) is 0 Å². The molecule has 1 N–H and O–H groups in total. The summed E-state index contributed by atoms with van der Waals surface area (Å²) in [6, 6.07) is 0. The molecule has 0 bridgehead atoms. The predicted molar refractivity (Wildman–Crippen MR) is 51.8 cm³/mol. The molecule has 0 aliphatic rings. The molecular formula is C8H16ClNO2. The van der Waals surface area contributed by atoms with Crippen LogP contribution in [0.1, 0.15) is 13.8 Å². The normalized spacial score (nSPS) is 12.1. The van der Waals surface area contributed by atoms with Crippen LogP contribution in [-0.2, 0) is 4.79 Å². The Bertz CT molecular complexity index is 183. The molecule has 0 saturated heterocycles. The minimum absolute atomic E-state index is 0. The van der Waals surface area contributed by atoms with Crippen LogP contribution in [0.3, 0.4) is 0 Å². The van der Waals surface area contributed by atoms with Crippen LogP contribution in [0.15, 0.2) is 11.3 Å². The van der Waals surface area contributed by atoms with Crippen molar-refractivity contribution in [2.24, 2.45) is 0 Å². The maximum atomic E-state index is 10.9. The van der Waals surface area contributed by atoms with Crippen molar-refractivity contribution in [1.29, 1.82) is 0 Å². The van der Waals surface area contributed by atoms with Gasteiger partial charge in [-0.05, 0) is 27.9 Å². The molecule has 0 unspecified atom stereocenters. The zero-order valence-electron chi connectivity index (χ0n) is 7.92. The number of Topliss-reactive ketones (excluding diaryl/α,β-unsaturated/α-hetero) is 1. The fraction of sp³-hybridized carbons (Fsp3) is 0.625. The Morgan fingerprint density at radius 3 is 1.83 bits per heavy atom. The Morgan fingerprint density at radius 1 is 1.33 bits per heavy atom. The van der Waals surface area contributed by atoms with Gasteiger partial charge in [0.15, 0.2) is 5.78 Å². The molecule has 0 amide bonds. The number of hydrogen-bond acceptors (Lipinski definition) is 3. The van der Waals surface area contributed by atoms with Crippen molar-refractivity contribution in [3.8, 4) is 0 Å². The maximum Gasteiger partial charge on any atom is 0.160 e. The fourth-order valence-electron chi connectivity index (χ4n) is 0.797. The van der Waals surface area contributed by atoms with Crippen LogP contribution >= 0.6 is 12.4 Å². The van der Waals surface area contributed by atoms with Gasteiger partial charge in [-0.25, -0.2) is 0 Å². The SMILES string of the molecule is CC(=O)C(CN(C)C)=C(C)O.Cl. The Balaban J connectivity index is 0. The maximum absolute atomic E-state index is 10.9. The van der Waals surface area contributed by atoms with Crippen LogP contribution in [-0.4, -0.2) is 36.4 Å². The lowest BCUT2D eigenvalue weighted by Crippen LogP contribution is -2.19. The van der Waals surface area contributed by atoms with E-state index in [-0.39, 0.29) is 23.9 Å². The fourth-order valence-corrected chi connectivity index (χ4v) is 0.797. The number of hydrogen-bond donors (Lipinski definition) is 1. The smallest absolute Gasteiger partial charge is 0.160 e. The lowest BCUT2D eigenvalue weighted by atomic mass is 10.1. The molecule has 0 spiro atoms. The third-order valence-corrected chi connectivity index (χ3v) is 1.34. The van der Waals surface area contributed by atoms with Gasteiger partial charge in [0.25, 0.3) is 0 Å². The summed E-state index contributed by atoms with van der Waals surface area (Å²) < 4.78 is 0. The van der Waals surface area contributed by atoms with Crippen LogP contribution in [0.5, 0.6) is 0 Å². The molecule has 72 valence electrons. The standard InChI is InChI=1S/C8H15NO2.ClH/c1-6(10)8(7(2)11)5-9(3)4;/h10H,5H2,1-4H3;1H. The molecule has 0 aliphatic carbocycles. The van der Waals surface area contributed by atoms with E-state index in [2.05, 4.69) is 0 Å². The van der Waals surface area contributed by atoms with Crippen molar-refractivity contribution in [3.05, 3.63) is 11.3 Å². The van der Waals surface area contributed by atoms with E-state index in [1.54, 1.807) is 0 Å². The molecule has 0 fully saturated rings. The Labute approximate surface area is 79.5 Å². The van der Waals surface area contributed by atoms with E-state index in [4.69, 9.17) is 5.11 Å². The lowest BCUT2D eigenvalue weighted by molar-refractivity contribution is -0.114. The molecule has 0 heterocycles. The number of allylic oxidation sites excluding steroid dienone is 1. The highest BCUT2D eigenvalue weighted by Crippen LogP contribution is 2.02. The number of likely N-dealkylation sites (N-methyl/N-ethyl adjacent to an activating group) is 1. The Kier molecular flexibility index (Phi) is 7.04. The zero-order chi connectivity index (χ0) is 9.02. The molecule has 0 aromatic carbocycles. The molecule has 0 aromatic heterocycles. The lowest BCUT2D eigenvalue weighted by Gasteiger charge is -2.11. The van der Waals surface area contributed by atoms with Crippen molar-refractivity contribution in [3.63, 3.8) is 0 Å². The van der Waals surface area contributed by atoms with E-state index in [0.717, 1.165) is 0 Å². The summed E-state index contributed by atoms with van der Waals surface area (Å²) in [5.74, 6) is 0.0462.